The second-order valence-electron chi connectivity index (χ2n) is 6.23. The average Bonchev–Trinajstić information content (AvgIpc) is 3.12. The van der Waals surface area contributed by atoms with Gasteiger partial charge >= 0.3 is 0 Å². The summed E-state index contributed by atoms with van der Waals surface area (Å²) in [5.41, 5.74) is 0.655. The molecule has 1 aliphatic heterocycles. The number of sulfonamides is 1. The van der Waals surface area contributed by atoms with Gasteiger partial charge in [-0.15, -0.1) is 0 Å². The zero-order chi connectivity index (χ0) is 14.5. The minimum absolute atomic E-state index is 0.135. The highest BCUT2D eigenvalue weighted by Gasteiger charge is 2.44. The van der Waals surface area contributed by atoms with Crippen molar-refractivity contribution in [3.63, 3.8) is 0 Å². The summed E-state index contributed by atoms with van der Waals surface area (Å²) in [7, 11) is -3.41. The highest BCUT2D eigenvalue weighted by molar-refractivity contribution is 7.89. The summed E-state index contributed by atoms with van der Waals surface area (Å²) >= 11 is 0. The van der Waals surface area contributed by atoms with Crippen molar-refractivity contribution < 1.29 is 13.5 Å². The van der Waals surface area contributed by atoms with E-state index in [4.69, 9.17) is 0 Å². The maximum absolute atomic E-state index is 12.8. The molecule has 3 rings (SSSR count). The van der Waals surface area contributed by atoms with E-state index in [0.29, 0.717) is 23.1 Å². The Morgan fingerprint density at radius 3 is 2.60 bits per heavy atom. The fraction of sp³-hybridized carbons (Fsp3) is 0.714. The summed E-state index contributed by atoms with van der Waals surface area (Å²) in [4.78, 5) is 0.322. The minimum Gasteiger partial charge on any atom is -0.390 e. The van der Waals surface area contributed by atoms with Crippen LogP contribution in [0.5, 0.6) is 0 Å². The number of nitrogens with zero attached hydrogens (tertiary/aromatic N) is 2. The molecule has 2 heterocycles. The molecule has 2 fully saturated rings. The summed E-state index contributed by atoms with van der Waals surface area (Å²) in [5, 5.41) is 9.39. The second kappa shape index (κ2) is 4.86. The van der Waals surface area contributed by atoms with Gasteiger partial charge in [-0.3, -0.25) is 0 Å². The van der Waals surface area contributed by atoms with Crippen LogP contribution in [0.3, 0.4) is 0 Å². The fourth-order valence-electron chi connectivity index (χ4n) is 3.55. The Kier molecular flexibility index (Phi) is 3.43. The molecule has 1 N–H and O–H groups in total. The van der Waals surface area contributed by atoms with Crippen LogP contribution in [-0.4, -0.2) is 35.0 Å². The molecule has 1 aromatic rings. The maximum Gasteiger partial charge on any atom is 0.244 e. The van der Waals surface area contributed by atoms with E-state index in [1.807, 2.05) is 18.4 Å². The number of aromatic nitrogens is 1. The van der Waals surface area contributed by atoms with Crippen molar-refractivity contribution in [3.8, 4) is 0 Å². The number of hydrogen-bond donors (Lipinski definition) is 1. The van der Waals surface area contributed by atoms with Crippen LogP contribution in [0.2, 0.25) is 0 Å². The average molecular weight is 298 g/mol. The quantitative estimate of drug-likeness (QED) is 0.921. The standard InChI is InChI=1S/C14H22N2O3S/c1-10(2)15-8-14(6-13(15)9-17)20(18,19)16-7-11-3-4-12(16)5-11/h6,8,10-12,17H,3-5,7,9H2,1-2H3. The third-order valence-corrected chi connectivity index (χ3v) is 6.47. The number of hydrogen-bond acceptors (Lipinski definition) is 3. The van der Waals surface area contributed by atoms with E-state index >= 15 is 0 Å². The van der Waals surface area contributed by atoms with Crippen LogP contribution in [0.15, 0.2) is 17.2 Å². The van der Waals surface area contributed by atoms with Gasteiger partial charge in [-0.1, -0.05) is 0 Å². The lowest BCUT2D eigenvalue weighted by atomic mass is 10.1. The molecule has 5 nitrogen and oxygen atoms in total. The molecule has 6 heteroatoms. The van der Waals surface area contributed by atoms with Crippen LogP contribution in [0.25, 0.3) is 0 Å². The third kappa shape index (κ3) is 2.10. The number of aliphatic hydroxyl groups excluding tert-OH is 1. The minimum atomic E-state index is -3.41. The second-order valence-corrected chi connectivity index (χ2v) is 8.12. The fourth-order valence-corrected chi connectivity index (χ4v) is 5.35. The Morgan fingerprint density at radius 1 is 1.40 bits per heavy atom. The van der Waals surface area contributed by atoms with Gasteiger partial charge in [0, 0.05) is 30.5 Å². The van der Waals surface area contributed by atoms with Crippen molar-refractivity contribution in [2.24, 2.45) is 5.92 Å². The molecule has 2 atom stereocenters. The van der Waals surface area contributed by atoms with Gasteiger partial charge < -0.3 is 9.67 Å². The predicted molar refractivity (Wildman–Crippen MR) is 75.8 cm³/mol. The summed E-state index contributed by atoms with van der Waals surface area (Å²) in [6, 6.07) is 1.93. The highest BCUT2D eigenvalue weighted by atomic mass is 32.2. The zero-order valence-corrected chi connectivity index (χ0v) is 12.8. The summed E-state index contributed by atoms with van der Waals surface area (Å²) in [6.45, 7) is 4.48. The number of piperidine rings is 1. The lowest BCUT2D eigenvalue weighted by Gasteiger charge is -2.25. The largest absolute Gasteiger partial charge is 0.390 e. The van der Waals surface area contributed by atoms with E-state index < -0.39 is 10.0 Å². The molecule has 0 aromatic carbocycles. The van der Waals surface area contributed by atoms with Gasteiger partial charge in [-0.05, 0) is 45.1 Å². The van der Waals surface area contributed by atoms with E-state index in [1.165, 1.54) is 0 Å². The lowest BCUT2D eigenvalue weighted by Crippen LogP contribution is -2.37. The molecule has 0 spiro atoms. The Hall–Kier alpha value is -0.850. The van der Waals surface area contributed by atoms with Crippen molar-refractivity contribution in [3.05, 3.63) is 18.0 Å². The molecule has 1 aromatic heterocycles. The van der Waals surface area contributed by atoms with E-state index in [2.05, 4.69) is 0 Å². The maximum atomic E-state index is 12.8. The van der Waals surface area contributed by atoms with Gasteiger partial charge in [-0.25, -0.2) is 8.42 Å². The number of fused-ring (bicyclic) bond motifs is 2. The molecule has 0 amide bonds. The van der Waals surface area contributed by atoms with Crippen LogP contribution in [0.1, 0.15) is 44.8 Å². The highest BCUT2D eigenvalue weighted by Crippen LogP contribution is 2.40. The van der Waals surface area contributed by atoms with Crippen LogP contribution in [-0.2, 0) is 16.6 Å². The van der Waals surface area contributed by atoms with Crippen molar-refractivity contribution >= 4 is 10.0 Å². The first-order valence-corrected chi connectivity index (χ1v) is 8.71. The van der Waals surface area contributed by atoms with Crippen LogP contribution in [0.4, 0.5) is 0 Å². The number of aliphatic hydroxyl groups is 1. The van der Waals surface area contributed by atoms with Gasteiger partial charge in [0.05, 0.1) is 6.61 Å². The molecule has 2 aliphatic rings. The monoisotopic (exact) mass is 298 g/mol. The van der Waals surface area contributed by atoms with Crippen molar-refractivity contribution in [1.82, 2.24) is 8.87 Å². The predicted octanol–water partition coefficient (Wildman–Crippen LogP) is 1.73. The van der Waals surface area contributed by atoms with E-state index in [1.54, 1.807) is 16.6 Å². The van der Waals surface area contributed by atoms with Crippen LogP contribution in [0, 0.1) is 5.92 Å². The topological polar surface area (TPSA) is 62.5 Å². The molecule has 112 valence electrons. The van der Waals surface area contributed by atoms with Gasteiger partial charge in [0.25, 0.3) is 0 Å². The first-order chi connectivity index (χ1) is 9.43. The van der Waals surface area contributed by atoms with E-state index in [0.717, 1.165) is 19.3 Å². The molecular weight excluding hydrogens is 276 g/mol. The molecular formula is C14H22N2O3S. The SMILES string of the molecule is CC(C)n1cc(S(=O)(=O)N2CC3CCC2C3)cc1CO. The summed E-state index contributed by atoms with van der Waals surface area (Å²) in [5.74, 6) is 0.541. The van der Waals surface area contributed by atoms with Crippen molar-refractivity contribution in [2.45, 2.75) is 56.7 Å². The lowest BCUT2D eigenvalue weighted by molar-refractivity contribution is 0.268. The van der Waals surface area contributed by atoms with Gasteiger partial charge in [0.2, 0.25) is 10.0 Å². The Bertz CT molecular complexity index is 606. The number of rotatable bonds is 4. The zero-order valence-electron chi connectivity index (χ0n) is 12.0. The smallest absolute Gasteiger partial charge is 0.244 e. The van der Waals surface area contributed by atoms with E-state index in [-0.39, 0.29) is 18.7 Å². The summed E-state index contributed by atoms with van der Waals surface area (Å²) < 4.78 is 29.0. The Balaban J connectivity index is 1.95. The third-order valence-electron chi connectivity index (χ3n) is 4.59. The van der Waals surface area contributed by atoms with Gasteiger partial charge in [0.1, 0.15) is 4.90 Å². The Morgan fingerprint density at radius 2 is 2.15 bits per heavy atom. The van der Waals surface area contributed by atoms with Crippen LogP contribution < -0.4 is 0 Å². The van der Waals surface area contributed by atoms with Crippen molar-refractivity contribution in [1.29, 1.82) is 0 Å². The molecule has 1 saturated carbocycles. The van der Waals surface area contributed by atoms with Gasteiger partial charge in [-0.2, -0.15) is 4.31 Å². The first-order valence-electron chi connectivity index (χ1n) is 7.27. The van der Waals surface area contributed by atoms with Crippen molar-refractivity contribution in [2.75, 3.05) is 6.54 Å². The molecule has 0 radical (unpaired) electrons. The summed E-state index contributed by atoms with van der Waals surface area (Å²) in [6.07, 6.45) is 4.82. The van der Waals surface area contributed by atoms with Crippen LogP contribution >= 0.6 is 0 Å². The van der Waals surface area contributed by atoms with Gasteiger partial charge in [0.15, 0.2) is 0 Å². The molecule has 1 saturated heterocycles. The normalized spacial score (nSPS) is 26.8. The molecule has 1 aliphatic carbocycles. The molecule has 2 unspecified atom stereocenters. The Labute approximate surface area is 120 Å². The molecule has 2 bridgehead atoms. The first kappa shape index (κ1) is 14.1. The van der Waals surface area contributed by atoms with E-state index in [9.17, 15) is 13.5 Å². The molecule has 20 heavy (non-hydrogen) atoms.